The van der Waals surface area contributed by atoms with Gasteiger partial charge >= 0.3 is 6.09 Å². The number of hydrogen-bond donors (Lipinski definition) is 1. The molecule has 0 radical (unpaired) electrons. The van der Waals surface area contributed by atoms with Crippen molar-refractivity contribution in [3.8, 4) is 0 Å². The summed E-state index contributed by atoms with van der Waals surface area (Å²) in [5.41, 5.74) is 0. The van der Waals surface area contributed by atoms with Crippen molar-refractivity contribution in [1.82, 2.24) is 5.32 Å². The number of rotatable bonds is 3. The molecule has 0 aromatic heterocycles. The van der Waals surface area contributed by atoms with E-state index >= 15 is 0 Å². The Morgan fingerprint density at radius 2 is 2.13 bits per heavy atom. The maximum atomic E-state index is 11.1. The molecular weight excluding hydrogens is 220 g/mol. The molecule has 0 aliphatic heterocycles. The zero-order valence-electron chi connectivity index (χ0n) is 8.90. The summed E-state index contributed by atoms with van der Waals surface area (Å²) in [7, 11) is 1.23. The summed E-state index contributed by atoms with van der Waals surface area (Å²) in [6.45, 7) is 2.13. The first-order valence-electron chi connectivity index (χ1n) is 4.22. The lowest BCUT2D eigenvalue weighted by atomic mass is 10.6. The van der Waals surface area contributed by atoms with Crippen LogP contribution in [0.1, 0.15) is 6.92 Å². The molecule has 0 aliphatic carbocycles. The van der Waals surface area contributed by atoms with Gasteiger partial charge in [-0.25, -0.2) is 4.79 Å². The normalized spacial score (nSPS) is 11.0. The van der Waals surface area contributed by atoms with Gasteiger partial charge < -0.3 is 9.47 Å². The van der Waals surface area contributed by atoms with E-state index in [0.29, 0.717) is 6.61 Å². The SMILES string of the molecule is CCOCC(=O)N=C(NC(=O)OC)SC. The van der Waals surface area contributed by atoms with Crippen molar-refractivity contribution < 1.29 is 19.1 Å². The van der Waals surface area contributed by atoms with Crippen molar-refractivity contribution in [2.45, 2.75) is 6.92 Å². The molecule has 86 valence electrons. The Bertz CT molecular complexity index is 255. The van der Waals surface area contributed by atoms with Crippen molar-refractivity contribution in [3.63, 3.8) is 0 Å². The van der Waals surface area contributed by atoms with Crippen molar-refractivity contribution >= 4 is 28.9 Å². The Labute approximate surface area is 92.4 Å². The Morgan fingerprint density at radius 3 is 2.60 bits per heavy atom. The minimum Gasteiger partial charge on any atom is -0.453 e. The fourth-order valence-electron chi connectivity index (χ4n) is 0.598. The minimum atomic E-state index is -0.660. The molecule has 0 bridgehead atoms. The number of nitrogens with zero attached hydrogens (tertiary/aromatic N) is 1. The molecule has 15 heavy (non-hydrogen) atoms. The lowest BCUT2D eigenvalue weighted by Crippen LogP contribution is -2.29. The van der Waals surface area contributed by atoms with E-state index in [1.807, 2.05) is 0 Å². The van der Waals surface area contributed by atoms with Gasteiger partial charge in [0.2, 0.25) is 0 Å². The van der Waals surface area contributed by atoms with Gasteiger partial charge in [0.1, 0.15) is 6.61 Å². The summed E-state index contributed by atoms with van der Waals surface area (Å²) in [5.74, 6) is -0.447. The largest absolute Gasteiger partial charge is 0.453 e. The molecule has 1 N–H and O–H groups in total. The third kappa shape index (κ3) is 6.92. The zero-order valence-corrected chi connectivity index (χ0v) is 9.72. The maximum absolute atomic E-state index is 11.1. The van der Waals surface area contributed by atoms with Crippen LogP contribution in [0.3, 0.4) is 0 Å². The number of methoxy groups -OCH3 is 1. The van der Waals surface area contributed by atoms with Crippen molar-refractivity contribution in [1.29, 1.82) is 0 Å². The highest BCUT2D eigenvalue weighted by Crippen LogP contribution is 1.96. The number of ether oxygens (including phenoxy) is 2. The number of hydrogen-bond acceptors (Lipinski definition) is 5. The fraction of sp³-hybridized carbons (Fsp3) is 0.625. The molecule has 0 heterocycles. The Balaban J connectivity index is 4.19. The van der Waals surface area contributed by atoms with E-state index in [9.17, 15) is 9.59 Å². The quantitative estimate of drug-likeness (QED) is 0.572. The predicted molar refractivity (Wildman–Crippen MR) is 58.0 cm³/mol. The van der Waals surface area contributed by atoms with Crippen LogP contribution in [0.2, 0.25) is 0 Å². The number of aliphatic imine (C=N–C) groups is 1. The molecule has 6 nitrogen and oxygen atoms in total. The molecule has 0 aliphatic rings. The van der Waals surface area contributed by atoms with Crippen LogP contribution in [0.5, 0.6) is 0 Å². The lowest BCUT2D eigenvalue weighted by Gasteiger charge is -2.03. The molecule has 0 spiro atoms. The molecule has 0 atom stereocenters. The monoisotopic (exact) mass is 234 g/mol. The molecule has 0 aromatic rings. The van der Waals surface area contributed by atoms with Crippen molar-refractivity contribution in [3.05, 3.63) is 0 Å². The zero-order chi connectivity index (χ0) is 11.7. The van der Waals surface area contributed by atoms with Crippen LogP contribution >= 0.6 is 11.8 Å². The summed E-state index contributed by atoms with van der Waals surface area (Å²) in [5, 5.41) is 2.49. The van der Waals surface area contributed by atoms with E-state index in [0.717, 1.165) is 11.8 Å². The van der Waals surface area contributed by atoms with Gasteiger partial charge in [0, 0.05) is 6.61 Å². The summed E-state index contributed by atoms with van der Waals surface area (Å²) in [6, 6.07) is 0. The van der Waals surface area contributed by atoms with Gasteiger partial charge in [0.15, 0.2) is 5.17 Å². The van der Waals surface area contributed by atoms with Gasteiger partial charge in [-0.2, -0.15) is 4.99 Å². The van der Waals surface area contributed by atoms with E-state index in [2.05, 4.69) is 15.0 Å². The molecular formula is C8H14N2O4S. The standard InChI is InChI=1S/C8H14N2O4S/c1-4-14-5-6(11)9-7(15-3)10-8(12)13-2/h4-5H2,1-3H3,(H,9,10,11,12). The minimum absolute atomic E-state index is 0.0938. The first-order chi connectivity index (χ1) is 7.13. The molecule has 0 unspecified atom stereocenters. The number of carbonyl (C=O) groups excluding carboxylic acids is 2. The van der Waals surface area contributed by atoms with Crippen molar-refractivity contribution in [2.24, 2.45) is 4.99 Å². The Kier molecular flexibility index (Phi) is 7.65. The highest BCUT2D eigenvalue weighted by Gasteiger charge is 2.06. The van der Waals surface area contributed by atoms with E-state index in [1.165, 1.54) is 7.11 Å². The summed E-state index contributed by atoms with van der Waals surface area (Å²) < 4.78 is 9.22. The maximum Gasteiger partial charge on any atom is 0.412 e. The summed E-state index contributed by atoms with van der Waals surface area (Å²) in [6.07, 6.45) is 1.02. The smallest absolute Gasteiger partial charge is 0.412 e. The van der Waals surface area contributed by atoms with E-state index in [4.69, 9.17) is 4.74 Å². The fourth-order valence-corrected chi connectivity index (χ4v) is 0.976. The Morgan fingerprint density at radius 1 is 1.47 bits per heavy atom. The number of nitrogens with one attached hydrogen (secondary N) is 1. The number of amides is 2. The lowest BCUT2D eigenvalue weighted by molar-refractivity contribution is -0.122. The number of thioether (sulfide) groups is 1. The second-order valence-corrected chi connectivity index (χ2v) is 3.06. The second kappa shape index (κ2) is 8.25. The molecule has 2 amide bonds. The third-order valence-corrected chi connectivity index (χ3v) is 1.82. The van der Waals surface area contributed by atoms with Gasteiger partial charge in [-0.1, -0.05) is 11.8 Å². The van der Waals surface area contributed by atoms with Gasteiger partial charge in [-0.15, -0.1) is 0 Å². The van der Waals surface area contributed by atoms with Gasteiger partial charge in [0.05, 0.1) is 7.11 Å². The van der Waals surface area contributed by atoms with Gasteiger partial charge in [-0.3, -0.25) is 10.1 Å². The summed E-state index contributed by atoms with van der Waals surface area (Å²) in [4.78, 5) is 25.6. The van der Waals surface area contributed by atoms with E-state index < -0.39 is 12.0 Å². The topological polar surface area (TPSA) is 77.0 Å². The number of amidine groups is 1. The average molecular weight is 234 g/mol. The van der Waals surface area contributed by atoms with Gasteiger partial charge in [0.25, 0.3) is 5.91 Å². The average Bonchev–Trinajstić information content (AvgIpc) is 2.25. The van der Waals surface area contributed by atoms with Crippen LogP contribution in [-0.4, -0.2) is 43.7 Å². The third-order valence-electron chi connectivity index (χ3n) is 1.24. The Hall–Kier alpha value is -1.08. The van der Waals surface area contributed by atoms with E-state index in [-0.39, 0.29) is 11.8 Å². The first kappa shape index (κ1) is 13.9. The number of alkyl carbamates (subject to hydrolysis) is 1. The van der Waals surface area contributed by atoms with Crippen LogP contribution in [-0.2, 0) is 14.3 Å². The molecule has 0 aromatic carbocycles. The van der Waals surface area contributed by atoms with Gasteiger partial charge in [-0.05, 0) is 13.2 Å². The molecule has 0 rings (SSSR count). The van der Waals surface area contributed by atoms with E-state index in [1.54, 1.807) is 13.2 Å². The van der Waals surface area contributed by atoms with Crippen LogP contribution in [0.25, 0.3) is 0 Å². The molecule has 0 saturated heterocycles. The highest BCUT2D eigenvalue weighted by molar-refractivity contribution is 8.13. The molecule has 0 fully saturated rings. The molecule has 0 saturated carbocycles. The van der Waals surface area contributed by atoms with Crippen LogP contribution in [0.15, 0.2) is 4.99 Å². The van der Waals surface area contributed by atoms with Crippen LogP contribution in [0.4, 0.5) is 4.79 Å². The predicted octanol–water partition coefficient (Wildman–Crippen LogP) is 0.625. The molecule has 7 heteroatoms. The number of carbonyl (C=O) groups is 2. The van der Waals surface area contributed by atoms with Crippen LogP contribution < -0.4 is 5.32 Å². The summed E-state index contributed by atoms with van der Waals surface area (Å²) >= 11 is 1.14. The van der Waals surface area contributed by atoms with Crippen LogP contribution in [0, 0.1) is 0 Å². The second-order valence-electron chi connectivity index (χ2n) is 2.27. The van der Waals surface area contributed by atoms with Crippen molar-refractivity contribution in [2.75, 3.05) is 26.6 Å². The first-order valence-corrected chi connectivity index (χ1v) is 5.44. The highest BCUT2D eigenvalue weighted by atomic mass is 32.2.